The topological polar surface area (TPSA) is 15.3 Å². The molecule has 4 rings (SSSR count). The van der Waals surface area contributed by atoms with Crippen LogP contribution < -0.4 is 5.32 Å². The smallest absolute Gasteiger partial charge is 0.0366 e. The van der Waals surface area contributed by atoms with Crippen LogP contribution in [0.4, 0.5) is 0 Å². The molecule has 1 N–H and O–H groups in total. The molecule has 2 fully saturated rings. The highest BCUT2D eigenvalue weighted by molar-refractivity contribution is 7.17. The fraction of sp³-hybridized carbons (Fsp3) is 0.529. The van der Waals surface area contributed by atoms with Gasteiger partial charge in [0.25, 0.3) is 0 Å². The van der Waals surface area contributed by atoms with Crippen LogP contribution in [0, 0.1) is 5.92 Å². The lowest BCUT2D eigenvalue weighted by molar-refractivity contribution is 0.162. The number of thiophene rings is 1. The maximum atomic E-state index is 3.48. The van der Waals surface area contributed by atoms with E-state index >= 15 is 0 Å². The van der Waals surface area contributed by atoms with Gasteiger partial charge in [0.15, 0.2) is 0 Å². The number of hydrogen-bond acceptors (Lipinski definition) is 3. The Balaban J connectivity index is 0.000000882. The van der Waals surface area contributed by atoms with Gasteiger partial charge in [-0.2, -0.15) is 0 Å². The van der Waals surface area contributed by atoms with Crippen molar-refractivity contribution in [2.45, 2.75) is 25.3 Å². The average Bonchev–Trinajstić information content (AvgIpc) is 3.24. The maximum absolute atomic E-state index is 3.48. The van der Waals surface area contributed by atoms with E-state index in [-0.39, 0.29) is 24.8 Å². The molecule has 1 saturated heterocycles. The van der Waals surface area contributed by atoms with Gasteiger partial charge >= 0.3 is 0 Å². The number of fused-ring (bicyclic) bond motifs is 1. The zero-order valence-electron chi connectivity index (χ0n) is 12.7. The van der Waals surface area contributed by atoms with Gasteiger partial charge in [-0.15, -0.1) is 36.2 Å². The second kappa shape index (κ2) is 7.98. The van der Waals surface area contributed by atoms with E-state index in [2.05, 4.69) is 39.9 Å². The van der Waals surface area contributed by atoms with E-state index in [1.807, 2.05) is 11.3 Å². The van der Waals surface area contributed by atoms with Gasteiger partial charge in [-0.05, 0) is 34.7 Å². The van der Waals surface area contributed by atoms with Crippen LogP contribution in [-0.4, -0.2) is 31.1 Å². The monoisotopic (exact) mass is 358 g/mol. The van der Waals surface area contributed by atoms with Crippen LogP contribution in [0.5, 0.6) is 0 Å². The van der Waals surface area contributed by atoms with Crippen molar-refractivity contribution in [3.8, 4) is 0 Å². The highest BCUT2D eigenvalue weighted by Crippen LogP contribution is 2.43. The molecule has 2 aromatic rings. The normalized spacial score (nSPS) is 20.2. The second-order valence-electron chi connectivity index (χ2n) is 6.17. The molecule has 5 heteroatoms. The summed E-state index contributed by atoms with van der Waals surface area (Å²) in [6, 6.07) is 9.55. The molecule has 1 aliphatic carbocycles. The van der Waals surface area contributed by atoms with E-state index in [1.54, 1.807) is 5.56 Å². The first-order valence-corrected chi connectivity index (χ1v) is 8.70. The minimum atomic E-state index is 0. The second-order valence-corrected chi connectivity index (χ2v) is 7.08. The molecule has 1 aromatic carbocycles. The summed E-state index contributed by atoms with van der Waals surface area (Å²) in [5.74, 6) is 0.980. The van der Waals surface area contributed by atoms with Gasteiger partial charge in [0.2, 0.25) is 0 Å². The molecule has 1 atom stereocenters. The standard InChI is InChI=1S/C17H22N2S.2ClH/c1-2-4-17-14(3-1)15(12-20-17)16(11-13-5-6-13)19-9-7-18-8-10-19;;/h1-4,12-13,16,18H,5-11H2;2*1H/t16-;;/m1../s1. The molecule has 0 bridgehead atoms. The van der Waals surface area contributed by atoms with Crippen molar-refractivity contribution in [3.63, 3.8) is 0 Å². The minimum absolute atomic E-state index is 0. The lowest BCUT2D eigenvalue weighted by Gasteiger charge is -2.35. The Bertz CT molecular complexity index is 591. The van der Waals surface area contributed by atoms with Gasteiger partial charge in [-0.25, -0.2) is 0 Å². The van der Waals surface area contributed by atoms with Crippen molar-refractivity contribution in [3.05, 3.63) is 35.2 Å². The molecular weight excluding hydrogens is 335 g/mol. The van der Waals surface area contributed by atoms with Crippen LogP contribution >= 0.6 is 36.2 Å². The van der Waals surface area contributed by atoms with Crippen molar-refractivity contribution in [1.82, 2.24) is 10.2 Å². The molecule has 0 amide bonds. The molecule has 2 nitrogen and oxygen atoms in total. The fourth-order valence-electron chi connectivity index (χ4n) is 3.39. The Morgan fingerprint density at radius 1 is 1.14 bits per heavy atom. The molecule has 2 aliphatic rings. The zero-order valence-corrected chi connectivity index (χ0v) is 15.1. The summed E-state index contributed by atoms with van der Waals surface area (Å²) in [5.41, 5.74) is 1.58. The summed E-state index contributed by atoms with van der Waals surface area (Å²) in [5, 5.41) is 7.39. The van der Waals surface area contributed by atoms with E-state index < -0.39 is 0 Å². The van der Waals surface area contributed by atoms with Gasteiger partial charge in [0.1, 0.15) is 0 Å². The van der Waals surface area contributed by atoms with Crippen LogP contribution in [-0.2, 0) is 0 Å². The third-order valence-electron chi connectivity index (χ3n) is 4.72. The molecule has 2 heterocycles. The summed E-state index contributed by atoms with van der Waals surface area (Å²) in [4.78, 5) is 2.71. The van der Waals surface area contributed by atoms with Crippen molar-refractivity contribution < 1.29 is 0 Å². The summed E-state index contributed by atoms with van der Waals surface area (Å²) in [6.45, 7) is 4.68. The number of nitrogens with one attached hydrogen (secondary N) is 1. The highest BCUT2D eigenvalue weighted by Gasteiger charge is 2.31. The van der Waals surface area contributed by atoms with Crippen LogP contribution in [0.3, 0.4) is 0 Å². The number of piperazine rings is 1. The first-order chi connectivity index (χ1) is 9.92. The molecule has 0 unspecified atom stereocenters. The first kappa shape index (κ1) is 18.0. The molecule has 1 aromatic heterocycles. The van der Waals surface area contributed by atoms with Gasteiger partial charge < -0.3 is 5.32 Å². The SMILES string of the molecule is Cl.Cl.c1ccc2c([C@@H](CC3CC3)N3CCNCC3)csc2c1. The van der Waals surface area contributed by atoms with E-state index in [0.29, 0.717) is 6.04 Å². The lowest BCUT2D eigenvalue weighted by atomic mass is 9.98. The van der Waals surface area contributed by atoms with Crippen LogP contribution in [0.2, 0.25) is 0 Å². The first-order valence-electron chi connectivity index (χ1n) is 7.83. The van der Waals surface area contributed by atoms with Gasteiger partial charge in [0.05, 0.1) is 0 Å². The Morgan fingerprint density at radius 3 is 2.59 bits per heavy atom. The van der Waals surface area contributed by atoms with E-state index in [4.69, 9.17) is 0 Å². The lowest BCUT2D eigenvalue weighted by Crippen LogP contribution is -2.45. The van der Waals surface area contributed by atoms with E-state index in [9.17, 15) is 0 Å². The van der Waals surface area contributed by atoms with Crippen molar-refractivity contribution in [2.24, 2.45) is 5.92 Å². The summed E-state index contributed by atoms with van der Waals surface area (Å²) < 4.78 is 1.44. The maximum Gasteiger partial charge on any atom is 0.0366 e. The van der Waals surface area contributed by atoms with Gasteiger partial charge in [-0.3, -0.25) is 4.90 Å². The Labute approximate surface area is 149 Å². The average molecular weight is 359 g/mol. The summed E-state index contributed by atoms with van der Waals surface area (Å²) in [7, 11) is 0. The third-order valence-corrected chi connectivity index (χ3v) is 5.70. The van der Waals surface area contributed by atoms with Crippen molar-refractivity contribution in [2.75, 3.05) is 26.2 Å². The molecule has 0 radical (unpaired) electrons. The largest absolute Gasteiger partial charge is 0.314 e. The number of halogens is 2. The molecule has 1 saturated carbocycles. The fourth-order valence-corrected chi connectivity index (χ4v) is 4.40. The molecule has 0 spiro atoms. The van der Waals surface area contributed by atoms with Gasteiger partial charge in [-0.1, -0.05) is 31.0 Å². The van der Waals surface area contributed by atoms with Crippen molar-refractivity contribution in [1.29, 1.82) is 0 Å². The summed E-state index contributed by atoms with van der Waals surface area (Å²) >= 11 is 1.91. The Hall–Kier alpha value is -0.320. The minimum Gasteiger partial charge on any atom is -0.314 e. The molecule has 1 aliphatic heterocycles. The van der Waals surface area contributed by atoms with Crippen LogP contribution in [0.1, 0.15) is 30.9 Å². The van der Waals surface area contributed by atoms with Crippen LogP contribution in [0.25, 0.3) is 10.1 Å². The Morgan fingerprint density at radius 2 is 1.86 bits per heavy atom. The van der Waals surface area contributed by atoms with Crippen LogP contribution in [0.15, 0.2) is 29.6 Å². The van der Waals surface area contributed by atoms with E-state index in [1.165, 1.54) is 42.4 Å². The van der Waals surface area contributed by atoms with Gasteiger partial charge in [0, 0.05) is 36.9 Å². The van der Waals surface area contributed by atoms with Crippen molar-refractivity contribution >= 4 is 46.2 Å². The third kappa shape index (κ3) is 3.77. The highest BCUT2D eigenvalue weighted by atomic mass is 35.5. The number of benzene rings is 1. The molecular formula is C17H24Cl2N2S. The number of nitrogens with zero attached hydrogens (tertiary/aromatic N) is 1. The quantitative estimate of drug-likeness (QED) is 0.865. The predicted octanol–water partition coefficient (Wildman–Crippen LogP) is 4.49. The predicted molar refractivity (Wildman–Crippen MR) is 101 cm³/mol. The Kier molecular flexibility index (Phi) is 6.54. The summed E-state index contributed by atoms with van der Waals surface area (Å²) in [6.07, 6.45) is 4.26. The molecule has 122 valence electrons. The number of hydrogen-bond donors (Lipinski definition) is 1. The van der Waals surface area contributed by atoms with E-state index in [0.717, 1.165) is 19.0 Å². The molecule has 22 heavy (non-hydrogen) atoms. The number of rotatable bonds is 4. The zero-order chi connectivity index (χ0) is 13.4.